The van der Waals surface area contributed by atoms with Gasteiger partial charge in [0.1, 0.15) is 21.4 Å². The monoisotopic (exact) mass is 302 g/mol. The Morgan fingerprint density at radius 1 is 1.25 bits per heavy atom. The van der Waals surface area contributed by atoms with Crippen LogP contribution in [0.2, 0.25) is 0 Å². The molecule has 6 nitrogen and oxygen atoms in total. The van der Waals surface area contributed by atoms with Crippen molar-refractivity contribution in [1.82, 2.24) is 10.2 Å². The van der Waals surface area contributed by atoms with E-state index in [9.17, 15) is 18.0 Å². The number of hydrogen-bond donors (Lipinski definition) is 1. The van der Waals surface area contributed by atoms with Crippen LogP contribution in [0.15, 0.2) is 0 Å². The lowest BCUT2D eigenvalue weighted by Crippen LogP contribution is -2.70. The SMILES string of the molecule is CCC1C(=O)NC(C)(C)C(=O)N1C1CCS(=O)(=O)CC1. The van der Waals surface area contributed by atoms with Gasteiger partial charge in [-0.15, -0.1) is 0 Å². The maximum Gasteiger partial charge on any atom is 0.248 e. The summed E-state index contributed by atoms with van der Waals surface area (Å²) in [5.74, 6) is -0.0707. The lowest BCUT2D eigenvalue weighted by molar-refractivity contribution is -0.156. The van der Waals surface area contributed by atoms with Gasteiger partial charge < -0.3 is 10.2 Å². The fourth-order valence-corrected chi connectivity index (χ4v) is 4.46. The van der Waals surface area contributed by atoms with Crippen LogP contribution in [0.4, 0.5) is 0 Å². The summed E-state index contributed by atoms with van der Waals surface area (Å²) in [6, 6.07) is -0.636. The molecular weight excluding hydrogens is 280 g/mol. The summed E-state index contributed by atoms with van der Waals surface area (Å²) in [5, 5.41) is 2.74. The van der Waals surface area contributed by atoms with E-state index in [1.165, 1.54) is 0 Å². The van der Waals surface area contributed by atoms with E-state index in [1.807, 2.05) is 6.92 Å². The molecule has 0 saturated carbocycles. The number of nitrogens with one attached hydrogen (secondary N) is 1. The summed E-state index contributed by atoms with van der Waals surface area (Å²) in [5.41, 5.74) is -0.918. The van der Waals surface area contributed by atoms with E-state index in [-0.39, 0.29) is 29.4 Å². The number of carbonyl (C=O) groups excluding carboxylic acids is 2. The van der Waals surface area contributed by atoms with Crippen molar-refractivity contribution in [2.75, 3.05) is 11.5 Å². The van der Waals surface area contributed by atoms with Crippen molar-refractivity contribution in [2.24, 2.45) is 0 Å². The topological polar surface area (TPSA) is 83.6 Å². The van der Waals surface area contributed by atoms with Crippen LogP contribution in [0.25, 0.3) is 0 Å². The Bertz CT molecular complexity index is 512. The maximum absolute atomic E-state index is 12.6. The first-order valence-electron chi connectivity index (χ1n) is 7.03. The van der Waals surface area contributed by atoms with Crippen molar-refractivity contribution >= 4 is 21.7 Å². The zero-order valence-electron chi connectivity index (χ0n) is 12.2. The number of sulfone groups is 1. The third-order valence-electron chi connectivity index (χ3n) is 4.15. The van der Waals surface area contributed by atoms with Gasteiger partial charge >= 0.3 is 0 Å². The number of carbonyl (C=O) groups is 2. The van der Waals surface area contributed by atoms with E-state index in [4.69, 9.17) is 0 Å². The van der Waals surface area contributed by atoms with Crippen LogP contribution in [-0.2, 0) is 19.4 Å². The highest BCUT2D eigenvalue weighted by Gasteiger charge is 2.47. The quantitative estimate of drug-likeness (QED) is 0.783. The molecule has 2 saturated heterocycles. The fourth-order valence-electron chi connectivity index (χ4n) is 2.99. The molecule has 0 bridgehead atoms. The first-order valence-corrected chi connectivity index (χ1v) is 8.85. The lowest BCUT2D eigenvalue weighted by atomic mass is 9.92. The molecule has 0 spiro atoms. The first-order chi connectivity index (χ1) is 9.18. The second-order valence-corrected chi connectivity index (χ2v) is 8.44. The smallest absolute Gasteiger partial charge is 0.248 e. The van der Waals surface area contributed by atoms with E-state index in [1.54, 1.807) is 18.7 Å². The van der Waals surface area contributed by atoms with Crippen molar-refractivity contribution in [3.63, 3.8) is 0 Å². The summed E-state index contributed by atoms with van der Waals surface area (Å²) in [4.78, 5) is 26.4. The third-order valence-corrected chi connectivity index (χ3v) is 5.86. The van der Waals surface area contributed by atoms with E-state index in [2.05, 4.69) is 5.32 Å². The second-order valence-electron chi connectivity index (χ2n) is 6.13. The van der Waals surface area contributed by atoms with Crippen LogP contribution in [0.3, 0.4) is 0 Å². The summed E-state index contributed by atoms with van der Waals surface area (Å²) in [6.07, 6.45) is 1.39. The van der Waals surface area contributed by atoms with Crippen LogP contribution in [-0.4, -0.2) is 54.3 Å². The molecule has 114 valence electrons. The molecule has 2 aliphatic rings. The summed E-state index contributed by atoms with van der Waals surface area (Å²) < 4.78 is 23.0. The number of nitrogens with zero attached hydrogens (tertiary/aromatic N) is 1. The van der Waals surface area contributed by atoms with E-state index in [0.29, 0.717) is 19.3 Å². The Morgan fingerprint density at radius 3 is 2.30 bits per heavy atom. The van der Waals surface area contributed by atoms with Crippen molar-refractivity contribution in [3.05, 3.63) is 0 Å². The Morgan fingerprint density at radius 2 is 1.80 bits per heavy atom. The van der Waals surface area contributed by atoms with Gasteiger partial charge in [0.2, 0.25) is 11.8 Å². The number of rotatable bonds is 2. The molecule has 0 aromatic rings. The van der Waals surface area contributed by atoms with E-state index >= 15 is 0 Å². The molecule has 0 aromatic carbocycles. The predicted octanol–water partition coefficient (Wildman–Crippen LogP) is 0.0792. The molecule has 0 aromatic heterocycles. The number of amides is 2. The Balaban J connectivity index is 2.26. The average Bonchev–Trinajstić information content (AvgIpc) is 2.33. The van der Waals surface area contributed by atoms with Gasteiger partial charge in [-0.05, 0) is 33.1 Å². The largest absolute Gasteiger partial charge is 0.340 e. The lowest BCUT2D eigenvalue weighted by Gasteiger charge is -2.47. The highest BCUT2D eigenvalue weighted by Crippen LogP contribution is 2.27. The fraction of sp³-hybridized carbons (Fsp3) is 0.846. The molecule has 2 fully saturated rings. The van der Waals surface area contributed by atoms with Gasteiger partial charge in [-0.25, -0.2) is 8.42 Å². The van der Waals surface area contributed by atoms with Gasteiger partial charge in [0.15, 0.2) is 0 Å². The van der Waals surface area contributed by atoms with Crippen LogP contribution in [0.1, 0.15) is 40.0 Å². The van der Waals surface area contributed by atoms with Gasteiger partial charge in [0.25, 0.3) is 0 Å². The predicted molar refractivity (Wildman–Crippen MR) is 74.8 cm³/mol. The zero-order valence-corrected chi connectivity index (χ0v) is 13.0. The molecule has 1 N–H and O–H groups in total. The Kier molecular flexibility index (Phi) is 3.83. The normalized spacial score (nSPS) is 30.1. The van der Waals surface area contributed by atoms with Crippen molar-refractivity contribution < 1.29 is 18.0 Å². The molecule has 0 aliphatic carbocycles. The average molecular weight is 302 g/mol. The number of hydrogen-bond acceptors (Lipinski definition) is 4. The summed E-state index contributed by atoms with van der Waals surface area (Å²) in [6.45, 7) is 5.24. The van der Waals surface area contributed by atoms with Crippen LogP contribution in [0, 0.1) is 0 Å². The molecular formula is C13H22N2O4S. The standard InChI is InChI=1S/C13H22N2O4S/c1-4-10-11(16)14-13(2,3)12(17)15(10)9-5-7-20(18,19)8-6-9/h9-10H,4-8H2,1-3H3,(H,14,16). The van der Waals surface area contributed by atoms with E-state index in [0.717, 1.165) is 0 Å². The second kappa shape index (κ2) is 5.02. The van der Waals surface area contributed by atoms with Crippen molar-refractivity contribution in [1.29, 1.82) is 0 Å². The molecule has 1 atom stereocenters. The molecule has 2 heterocycles. The van der Waals surface area contributed by atoms with Gasteiger partial charge in [-0.2, -0.15) is 0 Å². The van der Waals surface area contributed by atoms with Crippen LogP contribution >= 0.6 is 0 Å². The molecule has 20 heavy (non-hydrogen) atoms. The first kappa shape index (κ1) is 15.3. The minimum Gasteiger partial charge on any atom is -0.340 e. The summed E-state index contributed by atoms with van der Waals surface area (Å²) >= 11 is 0. The minimum absolute atomic E-state index is 0.0972. The number of piperazine rings is 1. The van der Waals surface area contributed by atoms with Gasteiger partial charge in [-0.3, -0.25) is 9.59 Å². The van der Waals surface area contributed by atoms with Gasteiger partial charge in [0, 0.05) is 6.04 Å². The van der Waals surface area contributed by atoms with Crippen LogP contribution in [0.5, 0.6) is 0 Å². The molecule has 2 aliphatic heterocycles. The molecule has 2 rings (SSSR count). The Labute approximate surface area is 119 Å². The van der Waals surface area contributed by atoms with Gasteiger partial charge in [0.05, 0.1) is 11.5 Å². The zero-order chi connectivity index (χ0) is 15.1. The maximum atomic E-state index is 12.6. The molecule has 1 unspecified atom stereocenters. The molecule has 7 heteroatoms. The molecule has 2 amide bonds. The highest BCUT2D eigenvalue weighted by atomic mass is 32.2. The Hall–Kier alpha value is -1.11. The molecule has 0 radical (unpaired) electrons. The van der Waals surface area contributed by atoms with Crippen molar-refractivity contribution in [3.8, 4) is 0 Å². The van der Waals surface area contributed by atoms with Crippen molar-refractivity contribution in [2.45, 2.75) is 57.7 Å². The summed E-state index contributed by atoms with van der Waals surface area (Å²) in [7, 11) is -2.98. The third kappa shape index (κ3) is 2.68. The van der Waals surface area contributed by atoms with Gasteiger partial charge in [-0.1, -0.05) is 6.92 Å². The highest BCUT2D eigenvalue weighted by molar-refractivity contribution is 7.91. The minimum atomic E-state index is -2.98. The van der Waals surface area contributed by atoms with Crippen LogP contribution < -0.4 is 5.32 Å². The van der Waals surface area contributed by atoms with E-state index < -0.39 is 21.4 Å².